The summed E-state index contributed by atoms with van der Waals surface area (Å²) in [6, 6.07) is 1.23. The number of carbonyl (C=O) groups is 2. The van der Waals surface area contributed by atoms with Crippen molar-refractivity contribution in [1.29, 1.82) is 0 Å². The van der Waals surface area contributed by atoms with Crippen molar-refractivity contribution >= 4 is 17.6 Å². The van der Waals surface area contributed by atoms with Crippen molar-refractivity contribution in [2.45, 2.75) is 33.2 Å². The first-order valence-corrected chi connectivity index (χ1v) is 6.72. The molecule has 0 bridgehead atoms. The third-order valence-electron chi connectivity index (χ3n) is 3.19. The summed E-state index contributed by atoms with van der Waals surface area (Å²) in [4.78, 5) is 32.8. The largest absolute Gasteiger partial charge is 0.481 e. The van der Waals surface area contributed by atoms with Gasteiger partial charge in [0, 0.05) is 19.2 Å². The zero-order chi connectivity index (χ0) is 16.0. The van der Waals surface area contributed by atoms with Crippen LogP contribution in [0.1, 0.15) is 37.2 Å². The molecule has 0 aliphatic carbocycles. The van der Waals surface area contributed by atoms with Crippen LogP contribution in [0.5, 0.6) is 0 Å². The Balaban J connectivity index is 2.56. The number of aromatic nitrogens is 1. The zero-order valence-corrected chi connectivity index (χ0v) is 12.0. The van der Waals surface area contributed by atoms with Crippen LogP contribution in [0.3, 0.4) is 0 Å². The number of carbonyl (C=O) groups excluding carboxylic acids is 1. The first-order valence-electron chi connectivity index (χ1n) is 6.72. The quantitative estimate of drug-likeness (QED) is 0.430. The number of carboxylic acids is 1. The number of amides is 1. The van der Waals surface area contributed by atoms with Gasteiger partial charge in [0.1, 0.15) is 5.69 Å². The van der Waals surface area contributed by atoms with E-state index in [1.807, 2.05) is 0 Å². The second-order valence-electron chi connectivity index (χ2n) is 4.76. The van der Waals surface area contributed by atoms with Crippen molar-refractivity contribution in [2.75, 3.05) is 6.54 Å². The van der Waals surface area contributed by atoms with Gasteiger partial charge in [-0.25, -0.2) is 0 Å². The number of nitrogens with zero attached hydrogens (tertiary/aromatic N) is 2. The van der Waals surface area contributed by atoms with E-state index in [2.05, 4.69) is 5.32 Å². The van der Waals surface area contributed by atoms with E-state index in [1.165, 1.54) is 16.8 Å². The molecule has 0 aromatic carbocycles. The van der Waals surface area contributed by atoms with Crippen LogP contribution in [0, 0.1) is 16.0 Å². The maximum atomic E-state index is 12.0. The Labute approximate surface area is 121 Å². The lowest BCUT2D eigenvalue weighted by molar-refractivity contribution is -0.384. The Bertz CT molecular complexity index is 538. The summed E-state index contributed by atoms with van der Waals surface area (Å²) in [5.41, 5.74) is 0.108. The van der Waals surface area contributed by atoms with Gasteiger partial charge in [0.05, 0.1) is 17.0 Å². The number of aliphatic carboxylic acids is 1. The van der Waals surface area contributed by atoms with Crippen molar-refractivity contribution in [3.05, 3.63) is 28.1 Å². The lowest BCUT2D eigenvalue weighted by Gasteiger charge is -2.08. The number of hydrogen-bond donors (Lipinski definition) is 2. The van der Waals surface area contributed by atoms with Crippen LogP contribution in [0.15, 0.2) is 12.3 Å². The average molecular weight is 297 g/mol. The molecule has 1 aromatic rings. The van der Waals surface area contributed by atoms with Gasteiger partial charge in [-0.05, 0) is 19.8 Å². The highest BCUT2D eigenvalue weighted by molar-refractivity contribution is 5.93. The number of hydrogen-bond acceptors (Lipinski definition) is 4. The highest BCUT2D eigenvalue weighted by atomic mass is 16.6. The van der Waals surface area contributed by atoms with Crippen molar-refractivity contribution < 1.29 is 19.6 Å². The minimum atomic E-state index is -0.864. The van der Waals surface area contributed by atoms with E-state index in [-0.39, 0.29) is 11.4 Å². The molecular formula is C13H19N3O5. The first-order chi connectivity index (χ1) is 9.86. The zero-order valence-electron chi connectivity index (χ0n) is 12.0. The fourth-order valence-corrected chi connectivity index (χ4v) is 1.87. The highest BCUT2D eigenvalue weighted by Crippen LogP contribution is 2.16. The van der Waals surface area contributed by atoms with Crippen LogP contribution < -0.4 is 5.32 Å². The van der Waals surface area contributed by atoms with E-state index < -0.39 is 22.7 Å². The third kappa shape index (κ3) is 4.59. The van der Waals surface area contributed by atoms with Crippen LogP contribution in [0.2, 0.25) is 0 Å². The minimum Gasteiger partial charge on any atom is -0.481 e. The van der Waals surface area contributed by atoms with Crippen molar-refractivity contribution in [2.24, 2.45) is 5.92 Å². The molecule has 0 saturated carbocycles. The van der Waals surface area contributed by atoms with Gasteiger partial charge in [-0.1, -0.05) is 6.92 Å². The number of nitrogens with one attached hydrogen (secondary N) is 1. The van der Waals surface area contributed by atoms with E-state index in [0.717, 1.165) is 0 Å². The minimum absolute atomic E-state index is 0.124. The molecule has 1 atom stereocenters. The summed E-state index contributed by atoms with van der Waals surface area (Å²) in [7, 11) is 0. The van der Waals surface area contributed by atoms with Crippen LogP contribution in [0.25, 0.3) is 0 Å². The van der Waals surface area contributed by atoms with Crippen LogP contribution in [0.4, 0.5) is 5.69 Å². The number of nitro groups is 1. The van der Waals surface area contributed by atoms with E-state index in [0.29, 0.717) is 25.9 Å². The number of aryl methyl sites for hydroxylation is 1. The van der Waals surface area contributed by atoms with E-state index >= 15 is 0 Å². The maximum Gasteiger partial charge on any atom is 0.306 e. The van der Waals surface area contributed by atoms with Gasteiger partial charge < -0.3 is 15.0 Å². The Morgan fingerprint density at radius 3 is 2.71 bits per heavy atom. The summed E-state index contributed by atoms with van der Waals surface area (Å²) in [6.45, 7) is 4.18. The predicted octanol–water partition coefficient (Wildman–Crippen LogP) is 1.65. The molecule has 8 nitrogen and oxygen atoms in total. The van der Waals surface area contributed by atoms with Gasteiger partial charge in [0.15, 0.2) is 0 Å². The predicted molar refractivity (Wildman–Crippen MR) is 75.1 cm³/mol. The molecule has 116 valence electrons. The molecule has 8 heteroatoms. The van der Waals surface area contributed by atoms with E-state index in [9.17, 15) is 19.7 Å². The third-order valence-corrected chi connectivity index (χ3v) is 3.19. The average Bonchev–Trinajstić information content (AvgIpc) is 2.87. The Morgan fingerprint density at radius 1 is 1.52 bits per heavy atom. The van der Waals surface area contributed by atoms with E-state index in [1.54, 1.807) is 13.8 Å². The van der Waals surface area contributed by atoms with Gasteiger partial charge in [-0.3, -0.25) is 19.7 Å². The molecular weight excluding hydrogens is 278 g/mol. The Kier molecular flexibility index (Phi) is 5.89. The van der Waals surface area contributed by atoms with Crippen LogP contribution >= 0.6 is 0 Å². The molecule has 0 radical (unpaired) electrons. The van der Waals surface area contributed by atoms with Crippen molar-refractivity contribution in [1.82, 2.24) is 9.88 Å². The van der Waals surface area contributed by atoms with Gasteiger partial charge in [-0.2, -0.15) is 0 Å². The second kappa shape index (κ2) is 7.41. The highest BCUT2D eigenvalue weighted by Gasteiger charge is 2.18. The lowest BCUT2D eigenvalue weighted by atomic mass is 10.1. The molecule has 1 heterocycles. The standard InChI is InChI=1S/C13H19N3O5/c1-3-15-8-10(16(20)21)7-11(15)12(17)14-6-4-5-9(2)13(18)19/h7-9H,3-6H2,1-2H3,(H,14,17)(H,18,19). The van der Waals surface area contributed by atoms with Gasteiger partial charge >= 0.3 is 5.97 Å². The Hall–Kier alpha value is -2.38. The summed E-state index contributed by atoms with van der Waals surface area (Å²) < 4.78 is 1.51. The summed E-state index contributed by atoms with van der Waals surface area (Å²) in [5.74, 6) is -1.72. The monoisotopic (exact) mass is 297 g/mol. The second-order valence-corrected chi connectivity index (χ2v) is 4.76. The number of rotatable bonds is 8. The van der Waals surface area contributed by atoms with Crippen molar-refractivity contribution in [3.63, 3.8) is 0 Å². The molecule has 1 unspecified atom stereocenters. The normalized spacial score (nSPS) is 11.9. The smallest absolute Gasteiger partial charge is 0.306 e. The summed E-state index contributed by atoms with van der Waals surface area (Å²) >= 11 is 0. The van der Waals surface area contributed by atoms with Gasteiger partial charge in [0.2, 0.25) is 0 Å². The maximum absolute atomic E-state index is 12.0. The lowest BCUT2D eigenvalue weighted by Crippen LogP contribution is -2.27. The Morgan fingerprint density at radius 2 is 2.19 bits per heavy atom. The number of carboxylic acid groups (broad SMARTS) is 1. The van der Waals surface area contributed by atoms with Crippen LogP contribution in [-0.2, 0) is 11.3 Å². The fourth-order valence-electron chi connectivity index (χ4n) is 1.87. The van der Waals surface area contributed by atoms with Crippen LogP contribution in [-0.4, -0.2) is 33.0 Å². The molecule has 1 amide bonds. The van der Waals surface area contributed by atoms with Crippen molar-refractivity contribution in [3.8, 4) is 0 Å². The molecule has 1 rings (SSSR count). The molecule has 0 aliphatic heterocycles. The topological polar surface area (TPSA) is 114 Å². The molecule has 0 fully saturated rings. The molecule has 0 spiro atoms. The molecule has 1 aromatic heterocycles. The molecule has 0 aliphatic rings. The molecule has 0 saturated heterocycles. The van der Waals surface area contributed by atoms with Gasteiger partial charge in [0.25, 0.3) is 11.6 Å². The molecule has 21 heavy (non-hydrogen) atoms. The van der Waals surface area contributed by atoms with Gasteiger partial charge in [-0.15, -0.1) is 0 Å². The summed E-state index contributed by atoms with van der Waals surface area (Å²) in [6.07, 6.45) is 2.32. The van der Waals surface area contributed by atoms with E-state index in [4.69, 9.17) is 5.11 Å². The summed E-state index contributed by atoms with van der Waals surface area (Å²) in [5, 5.41) is 22.1. The fraction of sp³-hybridized carbons (Fsp3) is 0.538. The molecule has 2 N–H and O–H groups in total. The first kappa shape index (κ1) is 16.7. The SMILES string of the molecule is CCn1cc([N+](=O)[O-])cc1C(=O)NCCCC(C)C(=O)O.